The van der Waals surface area contributed by atoms with E-state index in [4.69, 9.17) is 14.2 Å². The Morgan fingerprint density at radius 1 is 0.312 bits per heavy atom. The maximum atomic E-state index is 12.8. The van der Waals surface area contributed by atoms with E-state index in [1.807, 2.05) is 0 Å². The first kappa shape index (κ1) is 60.9. The lowest BCUT2D eigenvalue weighted by atomic mass is 10.0. The maximum absolute atomic E-state index is 12.8. The second-order valence-electron chi connectivity index (χ2n) is 17.8. The summed E-state index contributed by atoms with van der Waals surface area (Å²) in [6, 6.07) is 0. The monoisotopic (exact) mass is 893 g/mol. The fourth-order valence-electron chi connectivity index (χ4n) is 7.35. The number of unbranched alkanes of at least 4 members (excludes halogenated alkanes) is 25. The van der Waals surface area contributed by atoms with Crippen molar-refractivity contribution in [3.8, 4) is 0 Å². The Labute approximate surface area is 395 Å². The van der Waals surface area contributed by atoms with Gasteiger partial charge < -0.3 is 14.2 Å². The van der Waals surface area contributed by atoms with Gasteiger partial charge >= 0.3 is 17.9 Å². The average Bonchev–Trinajstić information content (AvgIpc) is 3.29. The Morgan fingerprint density at radius 3 is 0.969 bits per heavy atom. The molecule has 0 aromatic heterocycles. The van der Waals surface area contributed by atoms with Crippen LogP contribution in [-0.4, -0.2) is 37.2 Å². The maximum Gasteiger partial charge on any atom is 0.306 e. The molecule has 6 heteroatoms. The molecule has 0 unspecified atom stereocenters. The highest BCUT2D eigenvalue weighted by molar-refractivity contribution is 5.71. The molecule has 0 fully saturated rings. The predicted octanol–water partition coefficient (Wildman–Crippen LogP) is 17.8. The molecule has 0 spiro atoms. The molecular weight excluding hydrogens is 793 g/mol. The minimum atomic E-state index is -0.799. The summed E-state index contributed by atoms with van der Waals surface area (Å²) in [5, 5.41) is 0. The number of allylic oxidation sites excluding steroid dienone is 12. The third-order valence-corrected chi connectivity index (χ3v) is 11.4. The van der Waals surface area contributed by atoms with Crippen molar-refractivity contribution in [1.82, 2.24) is 0 Å². The summed E-state index contributed by atoms with van der Waals surface area (Å²) in [4.78, 5) is 38.0. The molecule has 0 N–H and O–H groups in total. The molecule has 0 aromatic carbocycles. The van der Waals surface area contributed by atoms with Crippen LogP contribution >= 0.6 is 0 Å². The highest BCUT2D eigenvalue weighted by Crippen LogP contribution is 2.15. The summed E-state index contributed by atoms with van der Waals surface area (Å²) in [5.74, 6) is -0.956. The van der Waals surface area contributed by atoms with Gasteiger partial charge in [0, 0.05) is 19.3 Å². The summed E-state index contributed by atoms with van der Waals surface area (Å²) in [5.41, 5.74) is 0. The lowest BCUT2D eigenvalue weighted by Crippen LogP contribution is -2.30. The Balaban J connectivity index is 4.47. The molecule has 0 heterocycles. The number of rotatable bonds is 48. The first-order valence-corrected chi connectivity index (χ1v) is 26.9. The van der Waals surface area contributed by atoms with Gasteiger partial charge in [-0.3, -0.25) is 14.4 Å². The van der Waals surface area contributed by atoms with Crippen molar-refractivity contribution in [2.24, 2.45) is 0 Å². The first-order chi connectivity index (χ1) is 31.5. The minimum Gasteiger partial charge on any atom is -0.462 e. The van der Waals surface area contributed by atoms with Crippen LogP contribution in [0.2, 0.25) is 0 Å². The number of esters is 3. The third kappa shape index (κ3) is 49.9. The van der Waals surface area contributed by atoms with Gasteiger partial charge in [0.1, 0.15) is 13.2 Å². The lowest BCUT2D eigenvalue weighted by molar-refractivity contribution is -0.167. The molecule has 0 aromatic rings. The Bertz CT molecular complexity index is 1210. The van der Waals surface area contributed by atoms with Crippen molar-refractivity contribution >= 4 is 17.9 Å². The first-order valence-electron chi connectivity index (χ1n) is 26.9. The van der Waals surface area contributed by atoms with Crippen LogP contribution in [0.4, 0.5) is 0 Å². The Morgan fingerprint density at radius 2 is 0.578 bits per heavy atom. The summed E-state index contributed by atoms with van der Waals surface area (Å²) in [6.45, 7) is 6.54. The van der Waals surface area contributed by atoms with Crippen LogP contribution in [0.25, 0.3) is 0 Å². The quantitative estimate of drug-likeness (QED) is 0.0262. The van der Waals surface area contributed by atoms with Gasteiger partial charge in [-0.1, -0.05) is 222 Å². The fourth-order valence-corrected chi connectivity index (χ4v) is 7.35. The minimum absolute atomic E-state index is 0.0940. The largest absolute Gasteiger partial charge is 0.462 e. The number of hydrogen-bond donors (Lipinski definition) is 0. The van der Waals surface area contributed by atoms with Crippen LogP contribution in [0.1, 0.15) is 258 Å². The Kier molecular flexibility index (Phi) is 49.9. The molecule has 0 saturated carbocycles. The van der Waals surface area contributed by atoms with Gasteiger partial charge in [-0.2, -0.15) is 0 Å². The fraction of sp³-hybridized carbons (Fsp3) is 0.741. The molecule has 0 aliphatic rings. The van der Waals surface area contributed by atoms with Crippen LogP contribution < -0.4 is 0 Å². The molecule has 0 aliphatic carbocycles. The molecule has 6 nitrogen and oxygen atoms in total. The van der Waals surface area contributed by atoms with Crippen molar-refractivity contribution in [1.29, 1.82) is 0 Å². The third-order valence-electron chi connectivity index (χ3n) is 11.4. The molecule has 0 aliphatic heterocycles. The summed E-state index contributed by atoms with van der Waals surface area (Å²) in [7, 11) is 0. The topological polar surface area (TPSA) is 78.9 Å². The molecular formula is C58H100O6. The van der Waals surface area contributed by atoms with Crippen molar-refractivity contribution in [3.63, 3.8) is 0 Å². The van der Waals surface area contributed by atoms with Crippen molar-refractivity contribution in [3.05, 3.63) is 72.9 Å². The zero-order valence-electron chi connectivity index (χ0n) is 42.0. The van der Waals surface area contributed by atoms with Gasteiger partial charge in [-0.15, -0.1) is 0 Å². The van der Waals surface area contributed by atoms with Crippen LogP contribution in [0, 0.1) is 0 Å². The summed E-state index contributed by atoms with van der Waals surface area (Å²) >= 11 is 0. The molecule has 0 radical (unpaired) electrons. The van der Waals surface area contributed by atoms with E-state index in [1.54, 1.807) is 0 Å². The Hall–Kier alpha value is -3.15. The molecule has 1 atom stereocenters. The predicted molar refractivity (Wildman–Crippen MR) is 274 cm³/mol. The number of hydrogen-bond acceptors (Lipinski definition) is 6. The highest BCUT2D eigenvalue weighted by atomic mass is 16.6. The van der Waals surface area contributed by atoms with E-state index in [9.17, 15) is 14.4 Å². The van der Waals surface area contributed by atoms with Gasteiger partial charge in [0.2, 0.25) is 0 Å². The van der Waals surface area contributed by atoms with Crippen LogP contribution in [0.5, 0.6) is 0 Å². The van der Waals surface area contributed by atoms with Gasteiger partial charge in [0.25, 0.3) is 0 Å². The van der Waals surface area contributed by atoms with Crippen molar-refractivity contribution in [2.75, 3.05) is 13.2 Å². The van der Waals surface area contributed by atoms with E-state index >= 15 is 0 Å². The van der Waals surface area contributed by atoms with Crippen LogP contribution in [0.3, 0.4) is 0 Å². The lowest BCUT2D eigenvalue weighted by Gasteiger charge is -2.18. The van der Waals surface area contributed by atoms with E-state index in [-0.39, 0.29) is 37.5 Å². The van der Waals surface area contributed by atoms with E-state index in [0.717, 1.165) is 77.0 Å². The molecule has 0 saturated heterocycles. The highest BCUT2D eigenvalue weighted by Gasteiger charge is 2.19. The van der Waals surface area contributed by atoms with Gasteiger partial charge in [-0.05, 0) is 89.9 Å². The van der Waals surface area contributed by atoms with Crippen LogP contribution in [0.15, 0.2) is 72.9 Å². The summed E-state index contributed by atoms with van der Waals surface area (Å²) < 4.78 is 16.8. The molecule has 0 rings (SSSR count). The SMILES string of the molecule is CCCCC/C=C\C/C=C\C/C=C\C/C=C\CCCC(=O)OC[C@H](COC(=O)CCCCCCCCCCCCCC)OC(=O)CCCCCCCCC/C=C\C/C=C\CCCCC. The van der Waals surface area contributed by atoms with E-state index in [0.29, 0.717) is 19.3 Å². The molecule has 368 valence electrons. The summed E-state index contributed by atoms with van der Waals surface area (Å²) in [6.07, 6.45) is 66.0. The van der Waals surface area contributed by atoms with E-state index in [2.05, 4.69) is 93.7 Å². The van der Waals surface area contributed by atoms with E-state index < -0.39 is 6.10 Å². The zero-order valence-corrected chi connectivity index (χ0v) is 42.0. The molecule has 64 heavy (non-hydrogen) atoms. The van der Waals surface area contributed by atoms with Gasteiger partial charge in [0.15, 0.2) is 6.10 Å². The second-order valence-corrected chi connectivity index (χ2v) is 17.8. The van der Waals surface area contributed by atoms with Crippen molar-refractivity contribution < 1.29 is 28.6 Å². The zero-order chi connectivity index (χ0) is 46.5. The molecule has 0 amide bonds. The second kappa shape index (κ2) is 52.5. The number of ether oxygens (including phenoxy) is 3. The smallest absolute Gasteiger partial charge is 0.306 e. The normalized spacial score (nSPS) is 12.6. The molecule has 0 bridgehead atoms. The van der Waals surface area contributed by atoms with Gasteiger partial charge in [0.05, 0.1) is 0 Å². The average molecular weight is 893 g/mol. The standard InChI is InChI=1S/C58H100O6/c1-4-7-10-13-16-19-22-25-27-29-31-33-36-39-42-45-48-51-57(60)63-54-55(53-62-56(59)50-47-44-41-38-35-24-21-18-15-12-9-6-3)64-58(61)52-49-46-43-40-37-34-32-30-28-26-23-20-17-14-11-8-5-2/h16-17,19-20,25-28,31,33,39,42,55H,4-15,18,21-24,29-30,32,34-38,40-41,43-54H2,1-3H3/b19-16-,20-17-,27-25-,28-26-,33-31-,42-39-/t55-/m0/s1. The van der Waals surface area contributed by atoms with Crippen LogP contribution in [-0.2, 0) is 28.6 Å². The van der Waals surface area contributed by atoms with E-state index in [1.165, 1.54) is 135 Å². The number of carbonyl (C=O) groups excluding carboxylic acids is 3. The van der Waals surface area contributed by atoms with Crippen molar-refractivity contribution in [2.45, 2.75) is 264 Å². The number of carbonyl (C=O) groups is 3. The van der Waals surface area contributed by atoms with Gasteiger partial charge in [-0.25, -0.2) is 0 Å².